The predicted molar refractivity (Wildman–Crippen MR) is 131 cm³/mol. The van der Waals surface area contributed by atoms with Crippen LogP contribution in [0.1, 0.15) is 69.8 Å². The molecule has 0 spiro atoms. The Balaban J connectivity index is 0.00000342. The van der Waals surface area contributed by atoms with Crippen molar-refractivity contribution in [3.63, 3.8) is 0 Å². The summed E-state index contributed by atoms with van der Waals surface area (Å²) >= 11 is 0. The van der Waals surface area contributed by atoms with Crippen molar-refractivity contribution < 1.29 is 49.0 Å². The van der Waals surface area contributed by atoms with Gasteiger partial charge in [0.05, 0.1) is 17.9 Å². The Kier molecular flexibility index (Phi) is 10.2. The maximum absolute atomic E-state index is 13.4. The van der Waals surface area contributed by atoms with Crippen LogP contribution in [0.25, 0.3) is 0 Å². The van der Waals surface area contributed by atoms with Gasteiger partial charge in [-0.2, -0.15) is 0 Å². The minimum Gasteiger partial charge on any atom is -0.550 e. The molecule has 1 saturated heterocycles. The van der Waals surface area contributed by atoms with Crippen molar-refractivity contribution in [3.8, 4) is 0 Å². The summed E-state index contributed by atoms with van der Waals surface area (Å²) in [4.78, 5) is 27.9. The number of fused-ring (bicyclic) bond motifs is 1. The number of carboxylic acids is 1. The predicted octanol–water partition coefficient (Wildman–Crippen LogP) is 1.88. The van der Waals surface area contributed by atoms with E-state index >= 15 is 0 Å². The monoisotopic (exact) mass is 487 g/mol. The second-order valence-corrected chi connectivity index (χ2v) is 10.4. The molecule has 1 aromatic rings. The molecule has 1 saturated carbocycles. The van der Waals surface area contributed by atoms with E-state index in [0.717, 1.165) is 25.7 Å². The average molecular weight is 488 g/mol. The van der Waals surface area contributed by atoms with E-state index < -0.39 is 11.9 Å². The third-order valence-electron chi connectivity index (χ3n) is 8.34. The summed E-state index contributed by atoms with van der Waals surface area (Å²) < 4.78 is 6.29. The molecule has 8 atom stereocenters. The Morgan fingerprint density at radius 1 is 1.23 bits per heavy atom. The van der Waals surface area contributed by atoms with Gasteiger partial charge in [0.25, 0.3) is 0 Å². The van der Waals surface area contributed by atoms with Gasteiger partial charge in [-0.1, -0.05) is 57.6 Å². The zero-order valence-electron chi connectivity index (χ0n) is 21.6. The topological polar surface area (TPSA) is 82.2 Å². The fraction of sp³-hybridized carbons (Fsp3) is 0.586. The van der Waals surface area contributed by atoms with Gasteiger partial charge in [-0.25, -0.2) is 0 Å². The number of Topliss-reactive ketones (excluding diaryl/α,β-unsaturated/α-hetero) is 1. The fourth-order valence-corrected chi connectivity index (χ4v) is 6.26. The van der Waals surface area contributed by atoms with Gasteiger partial charge in [0.2, 0.25) is 0 Å². The van der Waals surface area contributed by atoms with E-state index in [1.807, 2.05) is 18.3 Å². The number of rotatable bonds is 8. The molecule has 0 unspecified atom stereocenters. The van der Waals surface area contributed by atoms with E-state index in [9.17, 15) is 14.7 Å². The Hall–Kier alpha value is -1.40. The number of hydrogen-bond donors (Lipinski definition) is 1. The zero-order valence-corrected chi connectivity index (χ0v) is 23.6. The van der Waals surface area contributed by atoms with Crippen LogP contribution in [0.15, 0.2) is 54.3 Å². The number of carbonyl (C=O) groups is 2. The minimum absolute atomic E-state index is 0. The molecule has 1 N–H and O–H groups in total. The average Bonchev–Trinajstić information content (AvgIpc) is 3.53. The number of H-pyrrole nitrogens is 1. The molecule has 1 aromatic heterocycles. The Morgan fingerprint density at radius 2 is 2.03 bits per heavy atom. The number of aromatic nitrogens is 1. The number of allylic oxidation sites excluding steroid dienone is 5. The number of ketones is 1. The summed E-state index contributed by atoms with van der Waals surface area (Å²) in [6, 6.07) is 3.77. The van der Waals surface area contributed by atoms with Crippen LogP contribution in [0.4, 0.5) is 0 Å². The van der Waals surface area contributed by atoms with Crippen molar-refractivity contribution in [2.75, 3.05) is 0 Å². The molecule has 0 bridgehead atoms. The molecule has 0 radical (unpaired) electrons. The fourth-order valence-electron chi connectivity index (χ4n) is 6.26. The van der Waals surface area contributed by atoms with Crippen LogP contribution in [0.2, 0.25) is 0 Å². The van der Waals surface area contributed by atoms with Crippen molar-refractivity contribution in [2.45, 2.75) is 71.5 Å². The first-order chi connectivity index (χ1) is 16.4. The van der Waals surface area contributed by atoms with Crippen molar-refractivity contribution >= 4 is 11.8 Å². The molecule has 35 heavy (non-hydrogen) atoms. The van der Waals surface area contributed by atoms with Crippen molar-refractivity contribution in [3.05, 3.63) is 60.0 Å². The number of ether oxygens (including phenoxy) is 1. The van der Waals surface area contributed by atoms with Gasteiger partial charge in [-0.3, -0.25) is 4.79 Å². The Bertz CT molecular complexity index is 950. The first-order valence-corrected chi connectivity index (χ1v) is 13.0. The normalized spacial score (nSPS) is 33.8. The van der Waals surface area contributed by atoms with E-state index in [0.29, 0.717) is 23.4 Å². The summed E-state index contributed by atoms with van der Waals surface area (Å²) in [5.41, 5.74) is 1.87. The van der Waals surface area contributed by atoms with Gasteiger partial charge in [-0.05, 0) is 67.6 Å². The van der Waals surface area contributed by atoms with Gasteiger partial charge >= 0.3 is 29.6 Å². The maximum Gasteiger partial charge on any atom is 1.00 e. The maximum atomic E-state index is 13.4. The smallest absolute Gasteiger partial charge is 0.550 e. The van der Waals surface area contributed by atoms with Gasteiger partial charge in [0, 0.05) is 29.9 Å². The summed E-state index contributed by atoms with van der Waals surface area (Å²) in [6.45, 7) is 5.96. The summed E-state index contributed by atoms with van der Waals surface area (Å²) in [6.07, 6.45) is 18.3. The molecular formula is C29H38NNaO4. The second kappa shape index (κ2) is 12.7. The van der Waals surface area contributed by atoms with Gasteiger partial charge in [0.1, 0.15) is 0 Å². The summed E-state index contributed by atoms with van der Waals surface area (Å²) in [7, 11) is 0. The molecule has 1 aliphatic heterocycles. The molecule has 0 amide bonds. The van der Waals surface area contributed by atoms with Crippen LogP contribution >= 0.6 is 0 Å². The van der Waals surface area contributed by atoms with Crippen LogP contribution in [-0.4, -0.2) is 28.9 Å². The van der Waals surface area contributed by atoms with E-state index in [4.69, 9.17) is 4.74 Å². The first-order valence-electron chi connectivity index (χ1n) is 13.0. The first kappa shape index (κ1) is 28.2. The van der Waals surface area contributed by atoms with Crippen LogP contribution in [0.3, 0.4) is 0 Å². The second-order valence-electron chi connectivity index (χ2n) is 10.4. The van der Waals surface area contributed by atoms with E-state index in [1.54, 1.807) is 6.92 Å². The van der Waals surface area contributed by atoms with Crippen molar-refractivity contribution in [1.82, 2.24) is 4.98 Å². The summed E-state index contributed by atoms with van der Waals surface area (Å²) in [5, 5.41) is 11.4. The van der Waals surface area contributed by atoms with Gasteiger partial charge in [0.15, 0.2) is 5.78 Å². The molecule has 2 fully saturated rings. The van der Waals surface area contributed by atoms with Crippen LogP contribution in [-0.2, 0) is 9.53 Å². The third-order valence-corrected chi connectivity index (χ3v) is 8.34. The molecule has 2 heterocycles. The minimum atomic E-state index is -1.05. The van der Waals surface area contributed by atoms with Crippen LogP contribution < -0.4 is 34.7 Å². The third kappa shape index (κ3) is 6.30. The van der Waals surface area contributed by atoms with Crippen LogP contribution in [0.5, 0.6) is 0 Å². The SMILES string of the molecule is CC/C(=C\C=C\[C@@H]1C=C[C@@H]2CCC[C@H]2[C@@H]1C(=O)c1ccc[nH]1)[C@@H]1O[C@@H]([C@H](C)C(=O)[O-])CC[C@@H]1C.[Na+]. The molecule has 184 valence electrons. The Labute approximate surface area is 231 Å². The number of aliphatic carboxylic acids is 1. The number of carboxylic acid groups (broad SMARTS) is 1. The summed E-state index contributed by atoms with van der Waals surface area (Å²) in [5.74, 6) is -0.176. The number of aromatic amines is 1. The Morgan fingerprint density at radius 3 is 2.71 bits per heavy atom. The molecular weight excluding hydrogens is 449 g/mol. The standard InChI is InChI=1S/C29H39NO4.Na/c1-4-20(28-18(2)13-16-25(34-28)19(3)29(32)33)8-5-10-22-15-14-21-9-6-11-23(21)26(22)27(31)24-12-7-17-30-24;/h5,7-8,10,12,14-15,17-19,21-23,25-26,28,30H,4,6,9,11,13,16H2,1-3H3,(H,32,33);/q;+1/p-1/b10-5+,20-8+;/t18-,19-,21-,22+,23+,25+,26+,28+;/m0./s1. The van der Waals surface area contributed by atoms with E-state index in [-0.39, 0.29) is 59.4 Å². The van der Waals surface area contributed by atoms with Gasteiger partial charge < -0.3 is 19.6 Å². The quantitative estimate of drug-likeness (QED) is 0.263. The molecule has 2 aliphatic carbocycles. The largest absolute Gasteiger partial charge is 1.00 e. The number of carbonyl (C=O) groups excluding carboxylic acids is 2. The van der Waals surface area contributed by atoms with E-state index in [2.05, 4.69) is 49.2 Å². The van der Waals surface area contributed by atoms with Crippen molar-refractivity contribution in [1.29, 1.82) is 0 Å². The van der Waals surface area contributed by atoms with Crippen molar-refractivity contribution in [2.24, 2.45) is 35.5 Å². The van der Waals surface area contributed by atoms with Gasteiger partial charge in [-0.15, -0.1) is 0 Å². The molecule has 6 heteroatoms. The molecule has 4 rings (SSSR count). The molecule has 5 nitrogen and oxygen atoms in total. The molecule has 0 aromatic carbocycles. The van der Waals surface area contributed by atoms with Crippen LogP contribution in [0, 0.1) is 35.5 Å². The molecule has 3 aliphatic rings. The number of hydrogen-bond acceptors (Lipinski definition) is 4. The zero-order chi connectivity index (χ0) is 24.2. The van der Waals surface area contributed by atoms with E-state index in [1.165, 1.54) is 18.4 Å². The number of nitrogens with one attached hydrogen (secondary N) is 1.